The summed E-state index contributed by atoms with van der Waals surface area (Å²) in [4.78, 5) is 24.0. The number of hydrogen-bond donors (Lipinski definition) is 3. The second-order valence-electron chi connectivity index (χ2n) is 5.63. The fourth-order valence-corrected chi connectivity index (χ4v) is 2.34. The van der Waals surface area contributed by atoms with Crippen molar-refractivity contribution >= 4 is 17.5 Å². The lowest BCUT2D eigenvalue weighted by atomic mass is 10.1. The summed E-state index contributed by atoms with van der Waals surface area (Å²) in [6.45, 7) is 2.42. The molecule has 4 N–H and O–H groups in total. The molecule has 0 aliphatic rings. The molecule has 0 aliphatic heterocycles. The standard InChI is InChI=1S/C19H23N3O2/c1-14(21-18(23)11-6-12-20)16-9-5-10-17(13-16)22-19(24)15-7-3-2-4-8-15/h2-5,7-10,13-14H,6,11-12,20H2,1H3,(H,21,23)(H,22,24). The summed E-state index contributed by atoms with van der Waals surface area (Å²) >= 11 is 0. The predicted molar refractivity (Wildman–Crippen MR) is 95.7 cm³/mol. The molecular formula is C19H23N3O2. The molecular weight excluding hydrogens is 302 g/mol. The highest BCUT2D eigenvalue weighted by molar-refractivity contribution is 6.04. The minimum absolute atomic E-state index is 0.0216. The molecule has 0 fully saturated rings. The van der Waals surface area contributed by atoms with Crippen LogP contribution in [0, 0.1) is 0 Å². The summed E-state index contributed by atoms with van der Waals surface area (Å²) in [7, 11) is 0. The summed E-state index contributed by atoms with van der Waals surface area (Å²) in [5, 5.41) is 5.81. The van der Waals surface area contributed by atoms with E-state index in [0.717, 1.165) is 5.56 Å². The van der Waals surface area contributed by atoms with Gasteiger partial charge in [-0.25, -0.2) is 0 Å². The molecule has 5 nitrogen and oxygen atoms in total. The number of carbonyl (C=O) groups is 2. The first-order valence-corrected chi connectivity index (χ1v) is 8.06. The van der Waals surface area contributed by atoms with Gasteiger partial charge >= 0.3 is 0 Å². The highest BCUT2D eigenvalue weighted by Crippen LogP contribution is 2.18. The molecule has 0 heterocycles. The first-order chi connectivity index (χ1) is 11.6. The maximum Gasteiger partial charge on any atom is 0.255 e. The van der Waals surface area contributed by atoms with E-state index < -0.39 is 0 Å². The van der Waals surface area contributed by atoms with Gasteiger partial charge in [0.2, 0.25) is 5.91 Å². The van der Waals surface area contributed by atoms with Crippen molar-refractivity contribution in [3.05, 3.63) is 65.7 Å². The molecule has 2 amide bonds. The van der Waals surface area contributed by atoms with Crippen molar-refractivity contribution in [1.29, 1.82) is 0 Å². The quantitative estimate of drug-likeness (QED) is 0.732. The van der Waals surface area contributed by atoms with Gasteiger partial charge in [0.15, 0.2) is 0 Å². The van der Waals surface area contributed by atoms with Gasteiger partial charge in [-0.3, -0.25) is 9.59 Å². The molecule has 2 aromatic rings. The van der Waals surface area contributed by atoms with Gasteiger partial charge in [0, 0.05) is 17.7 Å². The molecule has 0 saturated heterocycles. The Hall–Kier alpha value is -2.66. The lowest BCUT2D eigenvalue weighted by molar-refractivity contribution is -0.121. The van der Waals surface area contributed by atoms with E-state index in [1.165, 1.54) is 0 Å². The third-order valence-corrected chi connectivity index (χ3v) is 3.67. The first kappa shape index (κ1) is 17.7. The molecule has 1 unspecified atom stereocenters. The van der Waals surface area contributed by atoms with Crippen LogP contribution in [0.3, 0.4) is 0 Å². The maximum atomic E-state index is 12.2. The van der Waals surface area contributed by atoms with Crippen molar-refractivity contribution in [2.45, 2.75) is 25.8 Å². The van der Waals surface area contributed by atoms with Crippen LogP contribution in [-0.2, 0) is 4.79 Å². The second-order valence-corrected chi connectivity index (χ2v) is 5.63. The Labute approximate surface area is 142 Å². The van der Waals surface area contributed by atoms with E-state index in [9.17, 15) is 9.59 Å². The lowest BCUT2D eigenvalue weighted by Crippen LogP contribution is -2.27. The average molecular weight is 325 g/mol. The van der Waals surface area contributed by atoms with Crippen molar-refractivity contribution in [2.24, 2.45) is 5.73 Å². The smallest absolute Gasteiger partial charge is 0.255 e. The van der Waals surface area contributed by atoms with Crippen LogP contribution in [0.2, 0.25) is 0 Å². The Bertz CT molecular complexity index is 686. The van der Waals surface area contributed by atoms with Gasteiger partial charge in [-0.1, -0.05) is 30.3 Å². The summed E-state index contributed by atoms with van der Waals surface area (Å²) in [5.74, 6) is -0.181. The van der Waals surface area contributed by atoms with Crippen LogP contribution in [0.4, 0.5) is 5.69 Å². The fraction of sp³-hybridized carbons (Fsp3) is 0.263. The first-order valence-electron chi connectivity index (χ1n) is 8.06. The maximum absolute atomic E-state index is 12.2. The number of nitrogens with two attached hydrogens (primary N) is 1. The van der Waals surface area contributed by atoms with E-state index in [2.05, 4.69) is 10.6 Å². The number of carbonyl (C=O) groups excluding carboxylic acids is 2. The molecule has 0 spiro atoms. The predicted octanol–water partition coefficient (Wildman–Crippen LogP) is 2.86. The number of benzene rings is 2. The summed E-state index contributed by atoms with van der Waals surface area (Å²) in [6, 6.07) is 16.4. The van der Waals surface area contributed by atoms with Crippen molar-refractivity contribution in [1.82, 2.24) is 5.32 Å². The highest BCUT2D eigenvalue weighted by atomic mass is 16.2. The summed E-state index contributed by atoms with van der Waals surface area (Å²) in [6.07, 6.45) is 1.09. The number of rotatable bonds is 7. The third kappa shape index (κ3) is 5.21. The van der Waals surface area contributed by atoms with Gasteiger partial charge in [0.05, 0.1) is 6.04 Å². The largest absolute Gasteiger partial charge is 0.350 e. The van der Waals surface area contributed by atoms with E-state index in [1.807, 2.05) is 49.4 Å². The van der Waals surface area contributed by atoms with Crippen LogP contribution in [0.15, 0.2) is 54.6 Å². The Morgan fingerprint density at radius 3 is 2.54 bits per heavy atom. The molecule has 1 atom stereocenters. The van der Waals surface area contributed by atoms with Gasteiger partial charge < -0.3 is 16.4 Å². The van der Waals surface area contributed by atoms with Crippen molar-refractivity contribution in [3.63, 3.8) is 0 Å². The van der Waals surface area contributed by atoms with Gasteiger partial charge in [-0.15, -0.1) is 0 Å². The third-order valence-electron chi connectivity index (χ3n) is 3.67. The Kier molecular flexibility index (Phi) is 6.51. The SMILES string of the molecule is CC(NC(=O)CCCN)c1cccc(NC(=O)c2ccccc2)c1. The molecule has 5 heteroatoms. The normalized spacial score (nSPS) is 11.6. The molecule has 2 rings (SSSR count). The zero-order valence-corrected chi connectivity index (χ0v) is 13.8. The van der Waals surface area contributed by atoms with Crippen LogP contribution in [0.5, 0.6) is 0 Å². The molecule has 0 aliphatic carbocycles. The van der Waals surface area contributed by atoms with E-state index in [4.69, 9.17) is 5.73 Å². The van der Waals surface area contributed by atoms with Gasteiger partial charge in [-0.05, 0) is 49.7 Å². The van der Waals surface area contributed by atoms with Gasteiger partial charge in [-0.2, -0.15) is 0 Å². The molecule has 2 aromatic carbocycles. The number of nitrogens with one attached hydrogen (secondary N) is 2. The minimum Gasteiger partial charge on any atom is -0.350 e. The molecule has 0 bridgehead atoms. The zero-order chi connectivity index (χ0) is 17.4. The second kappa shape index (κ2) is 8.84. The zero-order valence-electron chi connectivity index (χ0n) is 13.8. The molecule has 0 radical (unpaired) electrons. The number of amides is 2. The summed E-state index contributed by atoms with van der Waals surface area (Å²) in [5.41, 5.74) is 7.65. The van der Waals surface area contributed by atoms with Crippen molar-refractivity contribution in [2.75, 3.05) is 11.9 Å². The Morgan fingerprint density at radius 2 is 1.83 bits per heavy atom. The molecule has 0 aromatic heterocycles. The van der Waals surface area contributed by atoms with Crippen LogP contribution in [0.25, 0.3) is 0 Å². The van der Waals surface area contributed by atoms with Crippen LogP contribution in [-0.4, -0.2) is 18.4 Å². The van der Waals surface area contributed by atoms with E-state index in [0.29, 0.717) is 30.6 Å². The molecule has 24 heavy (non-hydrogen) atoms. The van der Waals surface area contributed by atoms with E-state index in [-0.39, 0.29) is 17.9 Å². The average Bonchev–Trinajstić information content (AvgIpc) is 2.61. The van der Waals surface area contributed by atoms with Gasteiger partial charge in [0.1, 0.15) is 0 Å². The van der Waals surface area contributed by atoms with Crippen molar-refractivity contribution in [3.8, 4) is 0 Å². The topological polar surface area (TPSA) is 84.2 Å². The minimum atomic E-state index is -0.160. The van der Waals surface area contributed by atoms with E-state index >= 15 is 0 Å². The van der Waals surface area contributed by atoms with Crippen LogP contribution in [0.1, 0.15) is 41.7 Å². The molecule has 0 saturated carbocycles. The highest BCUT2D eigenvalue weighted by Gasteiger charge is 2.11. The monoisotopic (exact) mass is 325 g/mol. The number of hydrogen-bond acceptors (Lipinski definition) is 3. The van der Waals surface area contributed by atoms with Gasteiger partial charge in [0.25, 0.3) is 5.91 Å². The Balaban J connectivity index is 2.00. The summed E-state index contributed by atoms with van der Waals surface area (Å²) < 4.78 is 0. The fourth-order valence-electron chi connectivity index (χ4n) is 2.34. The lowest BCUT2D eigenvalue weighted by Gasteiger charge is -2.15. The van der Waals surface area contributed by atoms with Crippen molar-refractivity contribution < 1.29 is 9.59 Å². The van der Waals surface area contributed by atoms with E-state index in [1.54, 1.807) is 12.1 Å². The van der Waals surface area contributed by atoms with Crippen LogP contribution >= 0.6 is 0 Å². The van der Waals surface area contributed by atoms with Crippen LogP contribution < -0.4 is 16.4 Å². The molecule has 126 valence electrons. The Morgan fingerprint density at radius 1 is 1.08 bits per heavy atom. The number of anilines is 1.